The Morgan fingerprint density at radius 1 is 1.31 bits per heavy atom. The van der Waals surface area contributed by atoms with Gasteiger partial charge in [0.2, 0.25) is 5.43 Å². The van der Waals surface area contributed by atoms with Crippen LogP contribution in [-0.4, -0.2) is 22.2 Å². The molecule has 0 saturated heterocycles. The van der Waals surface area contributed by atoms with Crippen molar-refractivity contribution in [3.05, 3.63) is 56.4 Å². The Balaban J connectivity index is 1.68. The number of halogens is 1. The van der Waals surface area contributed by atoms with Crippen LogP contribution in [0.25, 0.3) is 21.3 Å². The molecular formula is C25H26FNO4S. The van der Waals surface area contributed by atoms with Crippen LogP contribution in [0, 0.1) is 11.2 Å². The number of rotatable bonds is 4. The Kier molecular flexibility index (Phi) is 5.02. The average molecular weight is 456 g/mol. The van der Waals surface area contributed by atoms with Crippen LogP contribution in [0.5, 0.6) is 0 Å². The fraction of sp³-hybridized carbons (Fsp3) is 0.440. The van der Waals surface area contributed by atoms with Crippen LogP contribution < -0.4 is 5.43 Å². The van der Waals surface area contributed by atoms with E-state index in [0.717, 1.165) is 41.0 Å². The van der Waals surface area contributed by atoms with Gasteiger partial charge in [-0.2, -0.15) is 0 Å². The van der Waals surface area contributed by atoms with Crippen molar-refractivity contribution in [1.82, 2.24) is 4.57 Å². The van der Waals surface area contributed by atoms with Crippen molar-refractivity contribution in [3.63, 3.8) is 0 Å². The van der Waals surface area contributed by atoms with E-state index in [1.165, 1.54) is 17.4 Å². The second-order valence-electron chi connectivity index (χ2n) is 9.47. The standard InChI is InChI=1S/C25H26FNO4S/c1-4-31-24(30)17-12-27(14-5-6-14)19-11-15(18(26)10-16(19)21(17)28)20-9-13-7-8-25(2,3)23(29)22(13)32-20/h9-12,14,23,29H,4-8H2,1-3H3. The van der Waals surface area contributed by atoms with Gasteiger partial charge in [0.25, 0.3) is 0 Å². The molecule has 2 aliphatic rings. The third kappa shape index (κ3) is 3.39. The molecule has 0 amide bonds. The van der Waals surface area contributed by atoms with E-state index in [1.807, 2.05) is 24.5 Å². The van der Waals surface area contributed by atoms with Gasteiger partial charge in [0.05, 0.1) is 18.2 Å². The average Bonchev–Trinajstić information content (AvgIpc) is 3.50. The smallest absolute Gasteiger partial charge is 0.343 e. The lowest BCUT2D eigenvalue weighted by Gasteiger charge is -2.34. The van der Waals surface area contributed by atoms with E-state index < -0.39 is 23.3 Å². The van der Waals surface area contributed by atoms with Crippen LogP contribution in [0.2, 0.25) is 0 Å². The Bertz CT molecular complexity index is 1300. The summed E-state index contributed by atoms with van der Waals surface area (Å²) >= 11 is 1.42. The fourth-order valence-electron chi connectivity index (χ4n) is 4.52. The summed E-state index contributed by atoms with van der Waals surface area (Å²) in [5, 5.41) is 11.0. The first kappa shape index (κ1) is 21.3. The van der Waals surface area contributed by atoms with E-state index in [1.54, 1.807) is 19.2 Å². The van der Waals surface area contributed by atoms with E-state index in [-0.39, 0.29) is 29.0 Å². The molecule has 1 N–H and O–H groups in total. The number of aryl methyl sites for hydroxylation is 1. The molecule has 5 rings (SSSR count). The van der Waals surface area contributed by atoms with Gasteiger partial charge in [0.15, 0.2) is 0 Å². The van der Waals surface area contributed by atoms with Gasteiger partial charge >= 0.3 is 5.97 Å². The van der Waals surface area contributed by atoms with Crippen LogP contribution in [0.15, 0.2) is 29.2 Å². The molecule has 0 spiro atoms. The van der Waals surface area contributed by atoms with Crippen LogP contribution >= 0.6 is 11.3 Å². The number of nitrogens with zero attached hydrogens (tertiary/aromatic N) is 1. The summed E-state index contributed by atoms with van der Waals surface area (Å²) < 4.78 is 22.3. The minimum atomic E-state index is -0.680. The van der Waals surface area contributed by atoms with Gasteiger partial charge in [-0.25, -0.2) is 9.18 Å². The molecule has 1 unspecified atom stereocenters. The maximum atomic E-state index is 15.3. The van der Waals surface area contributed by atoms with E-state index in [4.69, 9.17) is 4.74 Å². The number of benzene rings is 1. The molecule has 1 atom stereocenters. The lowest BCUT2D eigenvalue weighted by molar-refractivity contribution is 0.0373. The third-order valence-electron chi connectivity index (χ3n) is 6.69. The van der Waals surface area contributed by atoms with E-state index in [2.05, 4.69) is 0 Å². The maximum Gasteiger partial charge on any atom is 0.343 e. The minimum absolute atomic E-state index is 0.0599. The number of aliphatic hydroxyl groups is 1. The third-order valence-corrected chi connectivity index (χ3v) is 7.95. The van der Waals surface area contributed by atoms with Crippen molar-refractivity contribution in [2.24, 2.45) is 5.41 Å². The number of aliphatic hydroxyl groups excluding tert-OH is 1. The molecule has 2 aliphatic carbocycles. The zero-order valence-corrected chi connectivity index (χ0v) is 19.2. The molecule has 0 radical (unpaired) electrons. The molecule has 7 heteroatoms. The van der Waals surface area contributed by atoms with Gasteiger partial charge in [-0.3, -0.25) is 4.79 Å². The highest BCUT2D eigenvalue weighted by Gasteiger charge is 2.36. The van der Waals surface area contributed by atoms with Gasteiger partial charge in [-0.15, -0.1) is 11.3 Å². The minimum Gasteiger partial charge on any atom is -0.462 e. The molecule has 2 aromatic heterocycles. The van der Waals surface area contributed by atoms with Crippen LogP contribution in [0.4, 0.5) is 4.39 Å². The van der Waals surface area contributed by atoms with Crippen LogP contribution in [0.1, 0.15) is 73.0 Å². The van der Waals surface area contributed by atoms with E-state index >= 15 is 4.39 Å². The molecule has 1 saturated carbocycles. The summed E-state index contributed by atoms with van der Waals surface area (Å²) in [6.45, 7) is 5.94. The first-order valence-corrected chi connectivity index (χ1v) is 11.9. The molecular weight excluding hydrogens is 429 g/mol. The SMILES string of the molecule is CCOC(=O)c1cn(C2CC2)c2cc(-c3cc4c(s3)C(O)C(C)(C)CC4)c(F)cc2c1=O. The Morgan fingerprint density at radius 2 is 2.06 bits per heavy atom. The zero-order valence-electron chi connectivity index (χ0n) is 18.4. The van der Waals surface area contributed by atoms with Crippen LogP contribution in [0.3, 0.4) is 0 Å². The number of thiophene rings is 1. The number of hydrogen-bond donors (Lipinski definition) is 1. The number of hydrogen-bond acceptors (Lipinski definition) is 5. The fourth-order valence-corrected chi connectivity index (χ4v) is 5.95. The molecule has 5 nitrogen and oxygen atoms in total. The van der Waals surface area contributed by atoms with Crippen molar-refractivity contribution >= 4 is 28.2 Å². The first-order valence-electron chi connectivity index (χ1n) is 11.1. The first-order chi connectivity index (χ1) is 15.2. The van der Waals surface area contributed by atoms with Gasteiger partial charge in [0.1, 0.15) is 11.4 Å². The van der Waals surface area contributed by atoms with E-state index in [9.17, 15) is 14.7 Å². The summed E-state index contributed by atoms with van der Waals surface area (Å²) in [6, 6.07) is 5.11. The van der Waals surface area contributed by atoms with Crippen molar-refractivity contribution in [2.75, 3.05) is 6.61 Å². The summed E-state index contributed by atoms with van der Waals surface area (Å²) in [4.78, 5) is 27.0. The summed E-state index contributed by atoms with van der Waals surface area (Å²) in [7, 11) is 0. The highest BCUT2D eigenvalue weighted by atomic mass is 32.1. The Labute approximate surface area is 189 Å². The van der Waals surface area contributed by atoms with Gasteiger partial charge < -0.3 is 14.4 Å². The Hall–Kier alpha value is -2.51. The molecule has 2 heterocycles. The predicted octanol–water partition coefficient (Wildman–Crippen LogP) is 5.39. The predicted molar refractivity (Wildman–Crippen MR) is 123 cm³/mol. The zero-order chi connectivity index (χ0) is 22.8. The summed E-state index contributed by atoms with van der Waals surface area (Å²) in [5.41, 5.74) is 1.31. The molecule has 3 aromatic rings. The maximum absolute atomic E-state index is 15.3. The Morgan fingerprint density at radius 3 is 2.75 bits per heavy atom. The normalized spacial score (nSPS) is 19.7. The van der Waals surface area contributed by atoms with Crippen molar-refractivity contribution in [2.45, 2.75) is 58.6 Å². The number of aromatic nitrogens is 1. The quantitative estimate of drug-likeness (QED) is 0.536. The second-order valence-corrected chi connectivity index (χ2v) is 10.6. The van der Waals surface area contributed by atoms with Crippen LogP contribution in [-0.2, 0) is 11.2 Å². The van der Waals surface area contributed by atoms with Gasteiger partial charge in [0, 0.05) is 32.9 Å². The molecule has 1 aromatic carbocycles. The second kappa shape index (κ2) is 7.52. The highest BCUT2D eigenvalue weighted by molar-refractivity contribution is 7.15. The number of carbonyl (C=O) groups is 1. The topological polar surface area (TPSA) is 68.5 Å². The molecule has 0 aliphatic heterocycles. The van der Waals surface area contributed by atoms with Crippen molar-refractivity contribution in [3.8, 4) is 10.4 Å². The largest absolute Gasteiger partial charge is 0.462 e. The molecule has 32 heavy (non-hydrogen) atoms. The van der Waals surface area contributed by atoms with Crippen molar-refractivity contribution in [1.29, 1.82) is 0 Å². The highest BCUT2D eigenvalue weighted by Crippen LogP contribution is 2.49. The molecule has 0 bridgehead atoms. The number of pyridine rings is 1. The lowest BCUT2D eigenvalue weighted by atomic mass is 9.75. The molecule has 168 valence electrons. The number of ether oxygens (including phenoxy) is 1. The van der Waals surface area contributed by atoms with Gasteiger partial charge in [-0.05, 0) is 61.8 Å². The summed E-state index contributed by atoms with van der Waals surface area (Å²) in [6.07, 6.45) is 4.60. The number of carbonyl (C=O) groups excluding carboxylic acids is 1. The number of esters is 1. The summed E-state index contributed by atoms with van der Waals surface area (Å²) in [5.74, 6) is -1.19. The number of fused-ring (bicyclic) bond motifs is 2. The van der Waals surface area contributed by atoms with Gasteiger partial charge in [-0.1, -0.05) is 13.8 Å². The lowest BCUT2D eigenvalue weighted by Crippen LogP contribution is -2.26. The van der Waals surface area contributed by atoms with E-state index in [0.29, 0.717) is 11.1 Å². The monoisotopic (exact) mass is 455 g/mol. The van der Waals surface area contributed by atoms with Crippen molar-refractivity contribution < 1.29 is 19.0 Å². The molecule has 1 fully saturated rings.